The minimum Gasteiger partial charge on any atom is -0.486 e. The van der Waals surface area contributed by atoms with Crippen LogP contribution in [0.5, 0.6) is 11.5 Å². The molecule has 1 saturated carbocycles. The van der Waals surface area contributed by atoms with Crippen LogP contribution >= 0.6 is 0 Å². The molecule has 2 fully saturated rings. The molecule has 1 atom stereocenters. The van der Waals surface area contributed by atoms with Gasteiger partial charge in [-0.05, 0) is 50.4 Å². The summed E-state index contributed by atoms with van der Waals surface area (Å²) in [6.07, 6.45) is 8.06. The lowest BCUT2D eigenvalue weighted by Crippen LogP contribution is -2.45. The van der Waals surface area contributed by atoms with Gasteiger partial charge in [-0.1, -0.05) is 31.4 Å². The number of rotatable bonds is 6. The smallest absolute Gasteiger partial charge is 0.234 e. The first-order valence-corrected chi connectivity index (χ1v) is 11.4. The summed E-state index contributed by atoms with van der Waals surface area (Å²) in [5.74, 6) is 2.50. The second kappa shape index (κ2) is 10.3. The molecular formula is C23H35N3O3. The van der Waals surface area contributed by atoms with Gasteiger partial charge in [0.2, 0.25) is 5.91 Å². The summed E-state index contributed by atoms with van der Waals surface area (Å²) in [6, 6.07) is 7.67. The maximum atomic E-state index is 12.4. The first-order valence-electron chi connectivity index (χ1n) is 11.4. The van der Waals surface area contributed by atoms with Gasteiger partial charge in [-0.2, -0.15) is 0 Å². The standard InChI is InChI=1S/C23H35N3O3/c27-23(24-15-20-18-28-21-9-4-5-10-22(21)29-20)17-26-12-6-11-25(13-14-26)16-19-7-2-1-3-8-19/h4-5,9-10,19-20H,1-3,6-8,11-18H2,(H,24,27). The van der Waals surface area contributed by atoms with Crippen LogP contribution in [0.3, 0.4) is 0 Å². The van der Waals surface area contributed by atoms with Gasteiger partial charge in [-0.3, -0.25) is 9.69 Å². The number of hydrogen-bond donors (Lipinski definition) is 1. The molecule has 6 heteroatoms. The highest BCUT2D eigenvalue weighted by atomic mass is 16.6. The van der Waals surface area contributed by atoms with E-state index >= 15 is 0 Å². The fourth-order valence-corrected chi connectivity index (χ4v) is 4.75. The molecule has 1 saturated heterocycles. The van der Waals surface area contributed by atoms with E-state index in [1.165, 1.54) is 45.2 Å². The maximum absolute atomic E-state index is 12.4. The zero-order valence-electron chi connectivity index (χ0n) is 17.5. The summed E-state index contributed by atoms with van der Waals surface area (Å²) < 4.78 is 11.6. The average molecular weight is 402 g/mol. The van der Waals surface area contributed by atoms with Crippen LogP contribution in [0.15, 0.2) is 24.3 Å². The Labute approximate surface area is 174 Å². The minimum atomic E-state index is -0.135. The van der Waals surface area contributed by atoms with Gasteiger partial charge in [-0.15, -0.1) is 0 Å². The molecule has 1 amide bonds. The van der Waals surface area contributed by atoms with Crippen molar-refractivity contribution in [1.29, 1.82) is 0 Å². The molecule has 2 aliphatic heterocycles. The Bertz CT molecular complexity index is 663. The Morgan fingerprint density at radius 1 is 0.966 bits per heavy atom. The van der Waals surface area contributed by atoms with Crippen molar-refractivity contribution in [1.82, 2.24) is 15.1 Å². The van der Waals surface area contributed by atoms with Crippen LogP contribution in [-0.2, 0) is 4.79 Å². The van der Waals surface area contributed by atoms with E-state index in [1.807, 2.05) is 24.3 Å². The molecule has 1 aromatic rings. The third kappa shape index (κ3) is 6.09. The normalized spacial score (nSPS) is 24.1. The molecule has 0 aromatic heterocycles. The summed E-state index contributed by atoms with van der Waals surface area (Å²) in [6.45, 7) is 6.91. The lowest BCUT2D eigenvalue weighted by molar-refractivity contribution is -0.122. The van der Waals surface area contributed by atoms with Gasteiger partial charge in [0, 0.05) is 19.6 Å². The summed E-state index contributed by atoms with van der Waals surface area (Å²) in [7, 11) is 0. The largest absolute Gasteiger partial charge is 0.486 e. The molecule has 0 bridgehead atoms. The van der Waals surface area contributed by atoms with Gasteiger partial charge in [0.25, 0.3) is 0 Å². The molecule has 6 nitrogen and oxygen atoms in total. The zero-order valence-corrected chi connectivity index (χ0v) is 17.5. The van der Waals surface area contributed by atoms with Gasteiger partial charge >= 0.3 is 0 Å². The van der Waals surface area contributed by atoms with Gasteiger partial charge < -0.3 is 19.7 Å². The van der Waals surface area contributed by atoms with E-state index < -0.39 is 0 Å². The van der Waals surface area contributed by atoms with Crippen LogP contribution in [0.25, 0.3) is 0 Å². The SMILES string of the molecule is O=C(CN1CCCN(CC2CCCCC2)CC1)NCC1COc2ccccc2O1. The first kappa shape index (κ1) is 20.5. The Morgan fingerprint density at radius 3 is 2.59 bits per heavy atom. The predicted octanol–water partition coefficient (Wildman–Crippen LogP) is 2.53. The Balaban J connectivity index is 1.15. The molecule has 0 spiro atoms. The lowest BCUT2D eigenvalue weighted by Gasteiger charge is -2.29. The molecule has 1 N–H and O–H groups in total. The fraction of sp³-hybridized carbons (Fsp3) is 0.696. The van der Waals surface area contributed by atoms with Crippen molar-refractivity contribution in [2.75, 3.05) is 52.4 Å². The topological polar surface area (TPSA) is 54.0 Å². The highest BCUT2D eigenvalue weighted by Gasteiger charge is 2.23. The number of amides is 1. The van der Waals surface area contributed by atoms with E-state index in [4.69, 9.17) is 9.47 Å². The summed E-state index contributed by atoms with van der Waals surface area (Å²) in [5.41, 5.74) is 0. The van der Waals surface area contributed by atoms with Crippen LogP contribution in [0.2, 0.25) is 0 Å². The number of carbonyl (C=O) groups is 1. The van der Waals surface area contributed by atoms with Crippen LogP contribution in [0.1, 0.15) is 38.5 Å². The second-order valence-electron chi connectivity index (χ2n) is 8.74. The van der Waals surface area contributed by atoms with E-state index in [-0.39, 0.29) is 12.0 Å². The molecule has 4 rings (SSSR count). The van der Waals surface area contributed by atoms with Crippen molar-refractivity contribution in [2.45, 2.75) is 44.6 Å². The van der Waals surface area contributed by atoms with Crippen molar-refractivity contribution in [3.8, 4) is 11.5 Å². The van der Waals surface area contributed by atoms with Crippen LogP contribution in [-0.4, -0.2) is 74.2 Å². The van der Waals surface area contributed by atoms with Crippen molar-refractivity contribution >= 4 is 5.91 Å². The van der Waals surface area contributed by atoms with E-state index in [1.54, 1.807) is 0 Å². The van der Waals surface area contributed by atoms with Gasteiger partial charge in [-0.25, -0.2) is 0 Å². The second-order valence-corrected chi connectivity index (χ2v) is 8.74. The van der Waals surface area contributed by atoms with Gasteiger partial charge in [0.1, 0.15) is 12.7 Å². The summed E-state index contributed by atoms with van der Waals surface area (Å²) in [5, 5.41) is 3.03. The number of ether oxygens (including phenoxy) is 2. The molecule has 29 heavy (non-hydrogen) atoms. The monoisotopic (exact) mass is 401 g/mol. The number of carbonyl (C=O) groups excluding carboxylic acids is 1. The number of fused-ring (bicyclic) bond motifs is 1. The van der Waals surface area contributed by atoms with Gasteiger partial charge in [0.05, 0.1) is 13.1 Å². The molecule has 2 heterocycles. The summed E-state index contributed by atoms with van der Waals surface area (Å²) >= 11 is 0. The molecule has 0 radical (unpaired) electrons. The molecule has 160 valence electrons. The van der Waals surface area contributed by atoms with Crippen LogP contribution in [0, 0.1) is 5.92 Å². The van der Waals surface area contributed by atoms with E-state index in [2.05, 4.69) is 15.1 Å². The number of hydrogen-bond acceptors (Lipinski definition) is 5. The van der Waals surface area contributed by atoms with E-state index in [0.29, 0.717) is 19.7 Å². The van der Waals surface area contributed by atoms with Crippen LogP contribution < -0.4 is 14.8 Å². The molecular weight excluding hydrogens is 366 g/mol. The molecule has 1 aliphatic carbocycles. The van der Waals surface area contributed by atoms with Crippen LogP contribution in [0.4, 0.5) is 0 Å². The average Bonchev–Trinajstić information content (AvgIpc) is 2.98. The molecule has 1 aromatic carbocycles. The lowest BCUT2D eigenvalue weighted by atomic mass is 9.89. The molecule has 1 unspecified atom stereocenters. The zero-order chi connectivity index (χ0) is 19.9. The quantitative estimate of drug-likeness (QED) is 0.794. The first-order chi connectivity index (χ1) is 14.3. The van der Waals surface area contributed by atoms with Crippen molar-refractivity contribution < 1.29 is 14.3 Å². The van der Waals surface area contributed by atoms with E-state index in [9.17, 15) is 4.79 Å². The van der Waals surface area contributed by atoms with Crippen molar-refractivity contribution in [3.05, 3.63) is 24.3 Å². The third-order valence-electron chi connectivity index (χ3n) is 6.38. The van der Waals surface area contributed by atoms with E-state index in [0.717, 1.165) is 43.5 Å². The molecule has 3 aliphatic rings. The Hall–Kier alpha value is -1.79. The Kier molecular flexibility index (Phi) is 7.28. The van der Waals surface area contributed by atoms with Gasteiger partial charge in [0.15, 0.2) is 11.5 Å². The Morgan fingerprint density at radius 2 is 1.72 bits per heavy atom. The predicted molar refractivity (Wildman–Crippen MR) is 113 cm³/mol. The summed E-state index contributed by atoms with van der Waals surface area (Å²) in [4.78, 5) is 17.4. The highest BCUT2D eigenvalue weighted by Crippen LogP contribution is 2.30. The third-order valence-corrected chi connectivity index (χ3v) is 6.38. The minimum absolute atomic E-state index is 0.0770. The maximum Gasteiger partial charge on any atom is 0.234 e. The number of para-hydroxylation sites is 2. The number of nitrogens with zero attached hydrogens (tertiary/aromatic N) is 2. The van der Waals surface area contributed by atoms with Crippen molar-refractivity contribution in [3.63, 3.8) is 0 Å². The number of nitrogens with one attached hydrogen (secondary N) is 1. The fourth-order valence-electron chi connectivity index (χ4n) is 4.75. The highest BCUT2D eigenvalue weighted by molar-refractivity contribution is 5.78. The number of benzene rings is 1. The van der Waals surface area contributed by atoms with Crippen molar-refractivity contribution in [2.24, 2.45) is 5.92 Å².